The van der Waals surface area contributed by atoms with Crippen molar-refractivity contribution >= 4 is 11.9 Å². The minimum Gasteiger partial charge on any atom is -0.462 e. The molecule has 0 radical (unpaired) electrons. The Bertz CT molecular complexity index is 981. The van der Waals surface area contributed by atoms with E-state index >= 15 is 0 Å². The van der Waals surface area contributed by atoms with Gasteiger partial charge in [0.05, 0.1) is 25.2 Å². The van der Waals surface area contributed by atoms with E-state index in [0.717, 1.165) is 70.6 Å². The van der Waals surface area contributed by atoms with Crippen molar-refractivity contribution in [2.24, 2.45) is 0 Å². The Kier molecular flexibility index (Phi) is 49.0. The van der Waals surface area contributed by atoms with Gasteiger partial charge in [0, 0.05) is 6.42 Å². The first kappa shape index (κ1) is 60.3. The van der Waals surface area contributed by atoms with E-state index in [4.69, 9.17) is 4.74 Å². The second kappa shape index (κ2) is 50.3. The van der Waals surface area contributed by atoms with E-state index in [0.29, 0.717) is 19.3 Å². The van der Waals surface area contributed by atoms with Crippen molar-refractivity contribution < 1.29 is 24.5 Å². The predicted molar refractivity (Wildman–Crippen MR) is 269 cm³/mol. The summed E-state index contributed by atoms with van der Waals surface area (Å²) in [6.45, 7) is 6.40. The summed E-state index contributed by atoms with van der Waals surface area (Å²) in [4.78, 5) is 26.2. The van der Waals surface area contributed by atoms with Crippen LogP contribution in [0, 0.1) is 0 Å². The lowest BCUT2D eigenvalue weighted by atomic mass is 10.0. The molecule has 0 rings (SSSR count). The van der Waals surface area contributed by atoms with Crippen LogP contribution in [0.25, 0.3) is 0 Å². The molecule has 0 aliphatic heterocycles. The number of carbonyl (C=O) groups is 2. The zero-order valence-corrected chi connectivity index (χ0v) is 41.8. The van der Waals surface area contributed by atoms with E-state index in [2.05, 4.69) is 50.4 Å². The Balaban J connectivity index is 4.45. The second-order valence-corrected chi connectivity index (χ2v) is 19.0. The lowest BCUT2D eigenvalue weighted by Gasteiger charge is -2.24. The lowest BCUT2D eigenvalue weighted by Crippen LogP contribution is -2.46. The molecule has 62 heavy (non-hydrogen) atoms. The molecule has 0 aromatic carbocycles. The Morgan fingerprint density at radius 2 is 0.871 bits per heavy atom. The highest BCUT2D eigenvalue weighted by Crippen LogP contribution is 2.19. The van der Waals surface area contributed by atoms with E-state index in [9.17, 15) is 19.8 Å². The Morgan fingerprint density at radius 3 is 1.31 bits per heavy atom. The monoisotopic (exact) mass is 874 g/mol. The fraction of sp³-hybridized carbons (Fsp3) is 0.893. The molecule has 6 heteroatoms. The third kappa shape index (κ3) is 44.9. The maximum Gasteiger partial charge on any atom is 0.306 e. The van der Waals surface area contributed by atoms with Gasteiger partial charge in [-0.15, -0.1) is 0 Å². The smallest absolute Gasteiger partial charge is 0.306 e. The van der Waals surface area contributed by atoms with Gasteiger partial charge in [-0.25, -0.2) is 0 Å². The molecule has 0 aliphatic carbocycles. The molecule has 0 bridgehead atoms. The van der Waals surface area contributed by atoms with Gasteiger partial charge in [-0.05, 0) is 51.4 Å². The van der Waals surface area contributed by atoms with Gasteiger partial charge in [0.25, 0.3) is 0 Å². The average Bonchev–Trinajstić information content (AvgIpc) is 3.26. The van der Waals surface area contributed by atoms with Crippen LogP contribution in [0.15, 0.2) is 24.3 Å². The highest BCUT2D eigenvalue weighted by atomic mass is 16.5. The van der Waals surface area contributed by atoms with Gasteiger partial charge in [0.2, 0.25) is 5.91 Å². The van der Waals surface area contributed by atoms with Gasteiger partial charge in [-0.1, -0.05) is 257 Å². The number of unbranched alkanes of at least 4 members (excludes halogenated alkanes) is 34. The van der Waals surface area contributed by atoms with Crippen LogP contribution >= 0.6 is 0 Å². The largest absolute Gasteiger partial charge is 0.462 e. The van der Waals surface area contributed by atoms with Crippen molar-refractivity contribution in [1.29, 1.82) is 0 Å². The maximum absolute atomic E-state index is 13.2. The van der Waals surface area contributed by atoms with Gasteiger partial charge in [0.15, 0.2) is 0 Å². The van der Waals surface area contributed by atoms with Crippen LogP contribution in [0.5, 0.6) is 0 Å². The van der Waals surface area contributed by atoms with E-state index in [1.165, 1.54) is 180 Å². The number of allylic oxidation sites excluding steroid dienone is 4. The maximum atomic E-state index is 13.2. The van der Waals surface area contributed by atoms with Gasteiger partial charge in [-0.3, -0.25) is 9.59 Å². The second-order valence-electron chi connectivity index (χ2n) is 19.0. The summed E-state index contributed by atoms with van der Waals surface area (Å²) in [5, 5.41) is 23.8. The first-order chi connectivity index (χ1) is 30.5. The summed E-state index contributed by atoms with van der Waals surface area (Å²) < 4.78 is 5.94. The molecular weight excluding hydrogens is 767 g/mol. The topological polar surface area (TPSA) is 95.9 Å². The molecule has 0 fully saturated rings. The molecule has 0 saturated heterocycles. The van der Waals surface area contributed by atoms with Crippen molar-refractivity contribution in [2.75, 3.05) is 6.61 Å². The summed E-state index contributed by atoms with van der Waals surface area (Å²) >= 11 is 0. The number of hydrogen-bond donors (Lipinski definition) is 3. The van der Waals surface area contributed by atoms with Crippen molar-refractivity contribution in [3.63, 3.8) is 0 Å². The number of amides is 1. The number of rotatable bonds is 50. The number of ether oxygens (including phenoxy) is 1. The van der Waals surface area contributed by atoms with Crippen molar-refractivity contribution in [1.82, 2.24) is 5.32 Å². The zero-order valence-electron chi connectivity index (χ0n) is 41.8. The van der Waals surface area contributed by atoms with Crippen LogP contribution in [0.4, 0.5) is 0 Å². The lowest BCUT2D eigenvalue weighted by molar-refractivity contribution is -0.151. The molecule has 3 N–H and O–H groups in total. The minimum atomic E-state index is -0.787. The molecule has 3 unspecified atom stereocenters. The molecule has 3 atom stereocenters. The van der Waals surface area contributed by atoms with Crippen molar-refractivity contribution in [2.45, 2.75) is 315 Å². The fourth-order valence-electron chi connectivity index (χ4n) is 8.65. The summed E-state index contributed by atoms with van der Waals surface area (Å²) in [5.74, 6) is -0.472. The minimum absolute atomic E-state index is 0.0734. The molecule has 0 saturated carbocycles. The Morgan fingerprint density at radius 1 is 0.484 bits per heavy atom. The molecule has 0 aromatic rings. The van der Waals surface area contributed by atoms with Gasteiger partial charge in [-0.2, -0.15) is 0 Å². The normalized spacial score (nSPS) is 13.3. The van der Waals surface area contributed by atoms with Gasteiger partial charge < -0.3 is 20.3 Å². The van der Waals surface area contributed by atoms with E-state index in [1.807, 2.05) is 0 Å². The molecule has 0 aliphatic rings. The number of hydrogen-bond acceptors (Lipinski definition) is 5. The molecule has 0 heterocycles. The number of aliphatic hydroxyl groups excluding tert-OH is 2. The SMILES string of the molecule is CC/C=C/C/C=C/CCCCCCCC(CC(=O)NC(CO)C(O)CCCCCCCCCCCCCC)OC(=O)CCCCCCCCCCCCCCCCCCCCC. The molecule has 0 spiro atoms. The van der Waals surface area contributed by atoms with Crippen LogP contribution < -0.4 is 5.32 Å². The predicted octanol–water partition coefficient (Wildman–Crippen LogP) is 16.7. The molecule has 6 nitrogen and oxygen atoms in total. The Hall–Kier alpha value is -1.66. The van der Waals surface area contributed by atoms with Gasteiger partial charge in [0.1, 0.15) is 6.10 Å². The Labute approximate surface area is 386 Å². The van der Waals surface area contributed by atoms with Crippen LogP contribution in [0.2, 0.25) is 0 Å². The zero-order chi connectivity index (χ0) is 45.2. The average molecular weight is 874 g/mol. The summed E-state index contributed by atoms with van der Waals surface area (Å²) in [7, 11) is 0. The standard InChI is InChI=1S/C56H107NO5/c1-4-7-10-13-16-19-22-25-26-27-28-29-30-31-34-37-40-43-46-49-56(61)62-52(47-44-41-38-35-32-23-20-17-14-11-8-5-2)50-55(60)57-53(51-58)54(59)48-45-42-39-36-33-24-21-18-15-12-9-6-3/h8,11,17,20,52-54,58-59H,4-7,9-10,12-16,18-19,21-51H2,1-3H3,(H,57,60)/b11-8+,20-17+. The third-order valence-corrected chi connectivity index (χ3v) is 12.8. The summed E-state index contributed by atoms with van der Waals surface area (Å²) in [6, 6.07) is -0.701. The number of nitrogens with one attached hydrogen (secondary N) is 1. The van der Waals surface area contributed by atoms with Gasteiger partial charge >= 0.3 is 5.97 Å². The van der Waals surface area contributed by atoms with Crippen LogP contribution in [-0.2, 0) is 14.3 Å². The number of carbonyl (C=O) groups excluding carboxylic acids is 2. The number of aliphatic hydroxyl groups is 2. The quantitative estimate of drug-likeness (QED) is 0.0321. The van der Waals surface area contributed by atoms with Crippen LogP contribution in [0.1, 0.15) is 297 Å². The molecule has 366 valence electrons. The molecular formula is C56H107NO5. The number of esters is 1. The highest BCUT2D eigenvalue weighted by Gasteiger charge is 2.24. The first-order valence-corrected chi connectivity index (χ1v) is 27.6. The van der Waals surface area contributed by atoms with E-state index in [1.54, 1.807) is 0 Å². The summed E-state index contributed by atoms with van der Waals surface area (Å²) in [6.07, 6.45) is 58.2. The van der Waals surface area contributed by atoms with E-state index < -0.39 is 18.2 Å². The molecule has 0 aromatic heterocycles. The van der Waals surface area contributed by atoms with E-state index in [-0.39, 0.29) is 24.9 Å². The van der Waals surface area contributed by atoms with Crippen LogP contribution in [0.3, 0.4) is 0 Å². The fourth-order valence-corrected chi connectivity index (χ4v) is 8.65. The van der Waals surface area contributed by atoms with Crippen molar-refractivity contribution in [3.8, 4) is 0 Å². The summed E-state index contributed by atoms with van der Waals surface area (Å²) in [5.41, 5.74) is 0. The molecule has 1 amide bonds. The van der Waals surface area contributed by atoms with Crippen LogP contribution in [-0.4, -0.2) is 46.9 Å². The first-order valence-electron chi connectivity index (χ1n) is 27.6. The highest BCUT2D eigenvalue weighted by molar-refractivity contribution is 5.77. The third-order valence-electron chi connectivity index (χ3n) is 12.8. The van der Waals surface area contributed by atoms with Crippen molar-refractivity contribution in [3.05, 3.63) is 24.3 Å².